The molecule has 1 aliphatic rings. The second-order valence-corrected chi connectivity index (χ2v) is 9.38. The number of carbonyl (C=O) groups is 3. The quantitative estimate of drug-likeness (QED) is 0.244. The van der Waals surface area contributed by atoms with Gasteiger partial charge in [-0.25, -0.2) is 0 Å². The average molecular weight is 549 g/mol. The highest BCUT2D eigenvalue weighted by Gasteiger charge is 2.54. The molecule has 210 valence electrons. The van der Waals surface area contributed by atoms with Crippen molar-refractivity contribution in [2.24, 2.45) is 0 Å². The van der Waals surface area contributed by atoms with Gasteiger partial charge in [-0.05, 0) is 16.7 Å². The zero-order chi connectivity index (χ0) is 28.7. The van der Waals surface area contributed by atoms with Crippen LogP contribution in [0.15, 0.2) is 91.0 Å². The maximum Gasteiger partial charge on any atom is 0.303 e. The minimum Gasteiger partial charge on any atom is -0.463 e. The first kappa shape index (κ1) is 28.9. The molecule has 0 saturated carbocycles. The number of carbonyl (C=O) groups excluding carboxylic acids is 3. The summed E-state index contributed by atoms with van der Waals surface area (Å²) >= 11 is 0. The van der Waals surface area contributed by atoms with Crippen LogP contribution in [-0.2, 0) is 43.7 Å². The summed E-state index contributed by atoms with van der Waals surface area (Å²) in [6.07, 6.45) is -6.71. The van der Waals surface area contributed by atoms with Gasteiger partial charge in [-0.15, -0.1) is 0 Å². The third-order valence-corrected chi connectivity index (χ3v) is 6.52. The van der Waals surface area contributed by atoms with Gasteiger partial charge in [-0.1, -0.05) is 91.0 Å². The van der Waals surface area contributed by atoms with E-state index < -0.39 is 54.2 Å². The van der Waals surface area contributed by atoms with Gasteiger partial charge >= 0.3 is 17.9 Å². The molecule has 9 heteroatoms. The van der Waals surface area contributed by atoms with Crippen LogP contribution in [0.3, 0.4) is 0 Å². The zero-order valence-corrected chi connectivity index (χ0v) is 22.5. The summed E-state index contributed by atoms with van der Waals surface area (Å²) in [5.41, 5.74) is 0.868. The second kappa shape index (κ2) is 12.9. The molecule has 40 heavy (non-hydrogen) atoms. The monoisotopic (exact) mass is 548 g/mol. The van der Waals surface area contributed by atoms with Crippen molar-refractivity contribution >= 4 is 17.9 Å². The highest BCUT2D eigenvalue weighted by molar-refractivity contribution is 5.68. The first-order valence-electron chi connectivity index (χ1n) is 12.9. The van der Waals surface area contributed by atoms with E-state index in [0.717, 1.165) is 16.7 Å². The lowest BCUT2D eigenvalue weighted by Crippen LogP contribution is -2.63. The molecule has 5 atom stereocenters. The van der Waals surface area contributed by atoms with Crippen molar-refractivity contribution in [3.05, 3.63) is 108 Å². The summed E-state index contributed by atoms with van der Waals surface area (Å²) in [4.78, 5) is 36.0. The number of rotatable bonds is 9. The maximum atomic E-state index is 12.3. The van der Waals surface area contributed by atoms with Crippen molar-refractivity contribution in [3.8, 4) is 0 Å². The minimum atomic E-state index is -1.66. The number of benzene rings is 3. The molecule has 0 amide bonds. The Morgan fingerprint density at radius 1 is 0.675 bits per heavy atom. The van der Waals surface area contributed by atoms with Crippen molar-refractivity contribution < 1.29 is 43.2 Å². The molecule has 1 fully saturated rings. The standard InChI is InChI=1S/C31H32O9/c1-20(32)36-19-26-27(37-21(2)33)28(38-22(3)34)29(30(35)39-26)40-31(23-13-7-4-8-14-23,24-15-9-5-10-16-24)25-17-11-6-12-18-25/h4-18,26-30,35H,19H2,1-3H3/t26-,27-,28+,29-,30-/m1/s1. The molecule has 3 aromatic rings. The van der Waals surface area contributed by atoms with E-state index in [-0.39, 0.29) is 6.61 Å². The Morgan fingerprint density at radius 3 is 1.50 bits per heavy atom. The molecule has 0 unspecified atom stereocenters. The van der Waals surface area contributed by atoms with Gasteiger partial charge in [0.25, 0.3) is 0 Å². The summed E-state index contributed by atoms with van der Waals surface area (Å²) in [6.45, 7) is 3.25. The highest BCUT2D eigenvalue weighted by atomic mass is 16.7. The molecule has 4 rings (SSSR count). The van der Waals surface area contributed by atoms with Gasteiger partial charge in [0.15, 0.2) is 24.6 Å². The summed E-state index contributed by atoms with van der Waals surface area (Å²) in [5.74, 6) is -1.98. The van der Waals surface area contributed by atoms with E-state index in [2.05, 4.69) is 0 Å². The van der Waals surface area contributed by atoms with E-state index in [9.17, 15) is 19.5 Å². The van der Waals surface area contributed by atoms with Crippen molar-refractivity contribution in [1.82, 2.24) is 0 Å². The molecular weight excluding hydrogens is 516 g/mol. The largest absolute Gasteiger partial charge is 0.463 e. The van der Waals surface area contributed by atoms with Gasteiger partial charge in [0.1, 0.15) is 18.3 Å². The van der Waals surface area contributed by atoms with E-state index in [4.69, 9.17) is 23.7 Å². The van der Waals surface area contributed by atoms with Crippen LogP contribution < -0.4 is 0 Å². The molecule has 1 heterocycles. The molecule has 0 aromatic heterocycles. The summed E-state index contributed by atoms with van der Waals surface area (Å²) in [5, 5.41) is 11.3. The van der Waals surface area contributed by atoms with Gasteiger partial charge in [-0.2, -0.15) is 0 Å². The fraction of sp³-hybridized carbons (Fsp3) is 0.323. The third-order valence-electron chi connectivity index (χ3n) is 6.52. The van der Waals surface area contributed by atoms with Crippen LogP contribution in [-0.4, -0.2) is 60.3 Å². The average Bonchev–Trinajstić information content (AvgIpc) is 2.94. The summed E-state index contributed by atoms with van der Waals surface area (Å²) < 4.78 is 29.0. The lowest BCUT2D eigenvalue weighted by molar-refractivity contribution is -0.313. The molecule has 0 radical (unpaired) electrons. The van der Waals surface area contributed by atoms with Gasteiger partial charge < -0.3 is 28.8 Å². The van der Waals surface area contributed by atoms with Gasteiger partial charge in [0, 0.05) is 20.8 Å². The number of hydrogen-bond donors (Lipinski definition) is 1. The smallest absolute Gasteiger partial charge is 0.303 e. The number of aliphatic hydroxyl groups is 1. The summed E-state index contributed by atoms with van der Waals surface area (Å²) in [6, 6.07) is 28.2. The maximum absolute atomic E-state index is 12.3. The molecule has 1 N–H and O–H groups in total. The van der Waals surface area contributed by atoms with Crippen molar-refractivity contribution in [3.63, 3.8) is 0 Å². The predicted octanol–water partition coefficient (Wildman–Crippen LogP) is 3.51. The topological polar surface area (TPSA) is 118 Å². The highest BCUT2D eigenvalue weighted by Crippen LogP contribution is 2.44. The Kier molecular flexibility index (Phi) is 9.31. The minimum absolute atomic E-state index is 0.351. The van der Waals surface area contributed by atoms with E-state index in [0.29, 0.717) is 0 Å². The fourth-order valence-corrected chi connectivity index (χ4v) is 4.94. The normalized spacial score (nSPS) is 22.6. The Labute approximate surface area is 232 Å². The third kappa shape index (κ3) is 6.39. The molecule has 0 spiro atoms. The van der Waals surface area contributed by atoms with E-state index in [1.54, 1.807) is 0 Å². The van der Waals surface area contributed by atoms with Crippen molar-refractivity contribution in [1.29, 1.82) is 0 Å². The number of ether oxygens (including phenoxy) is 5. The number of hydrogen-bond acceptors (Lipinski definition) is 9. The van der Waals surface area contributed by atoms with Crippen LogP contribution >= 0.6 is 0 Å². The number of esters is 3. The van der Waals surface area contributed by atoms with Gasteiger partial charge in [0.05, 0.1) is 0 Å². The molecule has 0 bridgehead atoms. The Hall–Kier alpha value is -4.05. The fourth-order valence-electron chi connectivity index (χ4n) is 4.94. The van der Waals surface area contributed by atoms with Crippen LogP contribution in [0.2, 0.25) is 0 Å². The summed E-state index contributed by atoms with van der Waals surface area (Å²) in [7, 11) is 0. The molecule has 0 aliphatic carbocycles. The lowest BCUT2D eigenvalue weighted by atomic mass is 9.79. The van der Waals surface area contributed by atoms with E-state index in [1.165, 1.54) is 20.8 Å². The Morgan fingerprint density at radius 2 is 1.10 bits per heavy atom. The Bertz CT molecular complexity index is 1180. The first-order valence-corrected chi connectivity index (χ1v) is 12.9. The number of aliphatic hydroxyl groups excluding tert-OH is 1. The van der Waals surface area contributed by atoms with Crippen LogP contribution in [0.25, 0.3) is 0 Å². The van der Waals surface area contributed by atoms with E-state index >= 15 is 0 Å². The molecule has 3 aromatic carbocycles. The van der Waals surface area contributed by atoms with Crippen LogP contribution in [0.1, 0.15) is 37.5 Å². The lowest BCUT2D eigenvalue weighted by Gasteiger charge is -2.47. The van der Waals surface area contributed by atoms with E-state index in [1.807, 2.05) is 91.0 Å². The molecular formula is C31H32O9. The van der Waals surface area contributed by atoms with Crippen molar-refractivity contribution in [2.45, 2.75) is 57.1 Å². The zero-order valence-electron chi connectivity index (χ0n) is 22.5. The van der Waals surface area contributed by atoms with Gasteiger partial charge in [0.2, 0.25) is 0 Å². The van der Waals surface area contributed by atoms with Crippen LogP contribution in [0, 0.1) is 0 Å². The molecule has 1 saturated heterocycles. The molecule has 9 nitrogen and oxygen atoms in total. The Balaban J connectivity index is 1.89. The van der Waals surface area contributed by atoms with Crippen LogP contribution in [0.4, 0.5) is 0 Å². The second-order valence-electron chi connectivity index (χ2n) is 9.38. The van der Waals surface area contributed by atoms with Gasteiger partial charge in [-0.3, -0.25) is 14.4 Å². The van der Waals surface area contributed by atoms with Crippen LogP contribution in [0.5, 0.6) is 0 Å². The molecule has 1 aliphatic heterocycles. The van der Waals surface area contributed by atoms with Crippen molar-refractivity contribution in [2.75, 3.05) is 6.61 Å². The first-order chi connectivity index (χ1) is 19.2. The SMILES string of the molecule is CC(=O)OC[C@H]1O[C@@H](O)[C@H](OC(c2ccccc2)(c2ccccc2)c2ccccc2)[C@@H](OC(C)=O)[C@@H]1OC(C)=O. The predicted molar refractivity (Wildman–Crippen MR) is 143 cm³/mol.